The van der Waals surface area contributed by atoms with Gasteiger partial charge in [-0.25, -0.2) is 5.01 Å². The Hall–Kier alpha value is -2.08. The Balaban J connectivity index is 1.54. The molecule has 2 bridgehead atoms. The number of rotatable bonds is 4. The van der Waals surface area contributed by atoms with Crippen molar-refractivity contribution in [1.82, 2.24) is 10.0 Å². The van der Waals surface area contributed by atoms with Crippen LogP contribution < -0.4 is 0 Å². The normalized spacial score (nSPS) is 26.5. The van der Waals surface area contributed by atoms with E-state index in [1.54, 1.807) is 42.5 Å². The average molecular weight is 478 g/mol. The first kappa shape index (κ1) is 20.8. The number of hydrogen-bond acceptors (Lipinski definition) is 3. The lowest BCUT2D eigenvalue weighted by molar-refractivity contribution is -0.156. The van der Waals surface area contributed by atoms with Crippen molar-refractivity contribution < 1.29 is 14.4 Å². The number of amides is 3. The third kappa shape index (κ3) is 3.34. The standard InChI is InChI=1S/C23H19Cl3N2O3/c24-16-4-2-1-3-15(16)21(29)27(11-12-5-8-17(25)18(26)9-12)28-22(30)19-13-6-7-14(10-13)20(19)23(28)31/h1-5,8-9,13-14,19-20H,6-7,10-11H2. The van der Waals surface area contributed by atoms with E-state index in [9.17, 15) is 14.4 Å². The summed E-state index contributed by atoms with van der Waals surface area (Å²) in [7, 11) is 0. The van der Waals surface area contributed by atoms with E-state index in [0.29, 0.717) is 15.6 Å². The van der Waals surface area contributed by atoms with Gasteiger partial charge in [0.15, 0.2) is 0 Å². The highest BCUT2D eigenvalue weighted by atomic mass is 35.5. The summed E-state index contributed by atoms with van der Waals surface area (Å²) in [6.07, 6.45) is 2.85. The van der Waals surface area contributed by atoms with Crippen LogP contribution in [0.1, 0.15) is 35.2 Å². The second kappa shape index (κ2) is 7.80. The highest BCUT2D eigenvalue weighted by molar-refractivity contribution is 6.42. The van der Waals surface area contributed by atoms with E-state index >= 15 is 0 Å². The molecule has 31 heavy (non-hydrogen) atoms. The Morgan fingerprint density at radius 2 is 1.55 bits per heavy atom. The molecule has 2 aliphatic carbocycles. The third-order valence-electron chi connectivity index (χ3n) is 6.80. The van der Waals surface area contributed by atoms with E-state index in [1.165, 1.54) is 5.01 Å². The monoisotopic (exact) mass is 476 g/mol. The molecule has 3 amide bonds. The number of benzene rings is 2. The summed E-state index contributed by atoms with van der Waals surface area (Å²) < 4.78 is 0. The van der Waals surface area contributed by atoms with E-state index in [4.69, 9.17) is 34.8 Å². The van der Waals surface area contributed by atoms with Gasteiger partial charge in [0, 0.05) is 0 Å². The van der Waals surface area contributed by atoms with Gasteiger partial charge in [-0.3, -0.25) is 14.4 Å². The molecule has 5 rings (SSSR count). The zero-order valence-corrected chi connectivity index (χ0v) is 18.7. The Kier molecular flexibility index (Phi) is 5.24. The van der Waals surface area contributed by atoms with Crippen molar-refractivity contribution in [2.45, 2.75) is 25.8 Å². The van der Waals surface area contributed by atoms with Gasteiger partial charge in [-0.05, 0) is 60.9 Å². The molecule has 1 saturated heterocycles. The number of nitrogens with zero attached hydrogens (tertiary/aromatic N) is 2. The number of imide groups is 1. The van der Waals surface area contributed by atoms with Crippen LogP contribution in [-0.2, 0) is 16.1 Å². The number of hydrazine groups is 1. The molecule has 0 spiro atoms. The summed E-state index contributed by atoms with van der Waals surface area (Å²) in [5.41, 5.74) is 0.875. The highest BCUT2D eigenvalue weighted by Gasteiger charge is 2.62. The summed E-state index contributed by atoms with van der Waals surface area (Å²) in [6.45, 7) is -0.00675. The molecule has 2 aromatic carbocycles. The summed E-state index contributed by atoms with van der Waals surface area (Å²) in [6, 6.07) is 11.6. The lowest BCUT2D eigenvalue weighted by Crippen LogP contribution is -2.50. The van der Waals surface area contributed by atoms with Crippen LogP contribution in [-0.4, -0.2) is 27.7 Å². The SMILES string of the molecule is O=C(c1ccccc1Cl)N(Cc1ccc(Cl)c(Cl)c1)N1C(=O)C2C3CCC(C3)C2C1=O. The molecule has 3 fully saturated rings. The Morgan fingerprint density at radius 3 is 2.16 bits per heavy atom. The molecule has 4 atom stereocenters. The second-order valence-corrected chi connectivity index (χ2v) is 9.69. The first-order valence-electron chi connectivity index (χ1n) is 10.2. The maximum Gasteiger partial charge on any atom is 0.274 e. The second-order valence-electron chi connectivity index (χ2n) is 8.46. The van der Waals surface area contributed by atoms with Crippen LogP contribution in [0.4, 0.5) is 0 Å². The van der Waals surface area contributed by atoms with Gasteiger partial charge < -0.3 is 0 Å². The summed E-state index contributed by atoms with van der Waals surface area (Å²) >= 11 is 18.5. The molecule has 5 nitrogen and oxygen atoms in total. The number of halogens is 3. The lowest BCUT2D eigenvalue weighted by Gasteiger charge is -2.31. The van der Waals surface area contributed by atoms with E-state index in [0.717, 1.165) is 24.3 Å². The van der Waals surface area contributed by atoms with E-state index in [1.807, 2.05) is 0 Å². The third-order valence-corrected chi connectivity index (χ3v) is 7.87. The lowest BCUT2D eigenvalue weighted by atomic mass is 9.81. The molecule has 8 heteroatoms. The predicted octanol–water partition coefficient (Wildman–Crippen LogP) is 5.24. The fraction of sp³-hybridized carbons (Fsp3) is 0.348. The van der Waals surface area contributed by atoms with Gasteiger partial charge in [0.25, 0.3) is 17.7 Å². The molecule has 0 radical (unpaired) electrons. The number of fused-ring (bicyclic) bond motifs is 5. The van der Waals surface area contributed by atoms with Crippen LogP contribution in [0, 0.1) is 23.7 Å². The van der Waals surface area contributed by atoms with Crippen LogP contribution in [0.15, 0.2) is 42.5 Å². The quantitative estimate of drug-likeness (QED) is 0.566. The van der Waals surface area contributed by atoms with Gasteiger partial charge in [-0.2, -0.15) is 5.01 Å². The molecular formula is C23H19Cl3N2O3. The smallest absolute Gasteiger partial charge is 0.272 e. The summed E-state index contributed by atoms with van der Waals surface area (Å²) in [5, 5.41) is 3.25. The summed E-state index contributed by atoms with van der Waals surface area (Å²) in [4.78, 5) is 40.3. The van der Waals surface area contributed by atoms with Crippen molar-refractivity contribution in [3.8, 4) is 0 Å². The predicted molar refractivity (Wildman–Crippen MR) is 117 cm³/mol. The largest absolute Gasteiger partial charge is 0.274 e. The van der Waals surface area contributed by atoms with E-state index in [2.05, 4.69) is 0 Å². The minimum Gasteiger partial charge on any atom is -0.272 e. The fourth-order valence-electron chi connectivity index (χ4n) is 5.45. The van der Waals surface area contributed by atoms with Crippen molar-refractivity contribution in [2.75, 3.05) is 0 Å². The van der Waals surface area contributed by atoms with Gasteiger partial charge in [0.05, 0.1) is 39.0 Å². The molecule has 160 valence electrons. The van der Waals surface area contributed by atoms with Crippen LogP contribution >= 0.6 is 34.8 Å². The first-order chi connectivity index (χ1) is 14.9. The maximum absolute atomic E-state index is 13.5. The van der Waals surface area contributed by atoms with Crippen molar-refractivity contribution in [3.05, 3.63) is 68.7 Å². The molecule has 0 N–H and O–H groups in total. The zero-order chi connectivity index (χ0) is 21.9. The van der Waals surface area contributed by atoms with E-state index in [-0.39, 0.29) is 52.6 Å². The number of hydrogen-bond donors (Lipinski definition) is 0. The van der Waals surface area contributed by atoms with Crippen LogP contribution in [0.2, 0.25) is 15.1 Å². The Labute approximate surface area is 194 Å². The molecule has 2 aromatic rings. The topological polar surface area (TPSA) is 57.7 Å². The number of carbonyl (C=O) groups excluding carboxylic acids is 3. The highest BCUT2D eigenvalue weighted by Crippen LogP contribution is 2.56. The minimum atomic E-state index is -0.509. The molecule has 1 aliphatic heterocycles. The Bertz CT molecular complexity index is 1080. The van der Waals surface area contributed by atoms with Gasteiger partial charge in [0.1, 0.15) is 0 Å². The van der Waals surface area contributed by atoms with Crippen LogP contribution in [0.25, 0.3) is 0 Å². The molecule has 0 aromatic heterocycles. The number of carbonyl (C=O) groups is 3. The van der Waals surface area contributed by atoms with Crippen molar-refractivity contribution in [1.29, 1.82) is 0 Å². The molecule has 4 unspecified atom stereocenters. The molecule has 2 saturated carbocycles. The van der Waals surface area contributed by atoms with Gasteiger partial charge in [-0.1, -0.05) is 53.0 Å². The molecule has 1 heterocycles. The van der Waals surface area contributed by atoms with Crippen molar-refractivity contribution in [2.24, 2.45) is 23.7 Å². The van der Waals surface area contributed by atoms with Crippen LogP contribution in [0.3, 0.4) is 0 Å². The van der Waals surface area contributed by atoms with Crippen molar-refractivity contribution in [3.63, 3.8) is 0 Å². The van der Waals surface area contributed by atoms with Gasteiger partial charge in [0.2, 0.25) is 0 Å². The first-order valence-corrected chi connectivity index (χ1v) is 11.4. The summed E-state index contributed by atoms with van der Waals surface area (Å²) in [5.74, 6) is -1.31. The minimum absolute atomic E-state index is 0.00675. The van der Waals surface area contributed by atoms with Gasteiger partial charge in [-0.15, -0.1) is 0 Å². The fourth-order valence-corrected chi connectivity index (χ4v) is 5.99. The van der Waals surface area contributed by atoms with Gasteiger partial charge >= 0.3 is 0 Å². The molecule has 3 aliphatic rings. The van der Waals surface area contributed by atoms with Crippen LogP contribution in [0.5, 0.6) is 0 Å². The van der Waals surface area contributed by atoms with E-state index < -0.39 is 5.91 Å². The maximum atomic E-state index is 13.5. The Morgan fingerprint density at radius 1 is 0.903 bits per heavy atom. The van der Waals surface area contributed by atoms with Crippen molar-refractivity contribution >= 4 is 52.5 Å². The zero-order valence-electron chi connectivity index (χ0n) is 16.4. The average Bonchev–Trinajstić information content (AvgIpc) is 3.43. The molecular weight excluding hydrogens is 459 g/mol.